The first-order chi connectivity index (χ1) is 7.31. The Balaban J connectivity index is 2.05. The van der Waals surface area contributed by atoms with Gasteiger partial charge in [0.05, 0.1) is 6.04 Å². The topological polar surface area (TPSA) is 51.0 Å². The number of hydrogen-bond donors (Lipinski definition) is 1. The Morgan fingerprint density at radius 2 is 2.53 bits per heavy atom. The molecule has 1 aliphatic rings. The predicted octanol–water partition coefficient (Wildman–Crippen LogP) is 1.96. The molecule has 0 radical (unpaired) electrons. The molecule has 0 spiro atoms. The summed E-state index contributed by atoms with van der Waals surface area (Å²) >= 11 is 1.93. The molecular formula is C10H17N3OS. The van der Waals surface area contributed by atoms with Crippen LogP contribution in [0.3, 0.4) is 0 Å². The molecule has 1 N–H and O–H groups in total. The van der Waals surface area contributed by atoms with E-state index >= 15 is 0 Å². The fourth-order valence-electron chi connectivity index (χ4n) is 1.50. The fourth-order valence-corrected chi connectivity index (χ4v) is 2.42. The van der Waals surface area contributed by atoms with Crippen LogP contribution in [0.2, 0.25) is 0 Å². The van der Waals surface area contributed by atoms with Crippen molar-refractivity contribution in [1.82, 2.24) is 15.5 Å². The molecule has 0 aromatic carbocycles. The number of nitrogens with one attached hydrogen (secondary N) is 1. The van der Waals surface area contributed by atoms with E-state index in [9.17, 15) is 0 Å². The summed E-state index contributed by atoms with van der Waals surface area (Å²) in [4.78, 5) is 4.45. The molecule has 1 aliphatic heterocycles. The van der Waals surface area contributed by atoms with Crippen LogP contribution in [0.15, 0.2) is 4.52 Å². The molecule has 2 unspecified atom stereocenters. The van der Waals surface area contributed by atoms with Gasteiger partial charge < -0.3 is 9.84 Å². The molecule has 1 saturated heterocycles. The summed E-state index contributed by atoms with van der Waals surface area (Å²) in [5.41, 5.74) is 0. The first-order valence-corrected chi connectivity index (χ1v) is 6.61. The smallest absolute Gasteiger partial charge is 0.244 e. The van der Waals surface area contributed by atoms with Gasteiger partial charge in [-0.2, -0.15) is 16.7 Å². The first kappa shape index (κ1) is 11.0. The van der Waals surface area contributed by atoms with Crippen LogP contribution in [0, 0.1) is 0 Å². The lowest BCUT2D eigenvalue weighted by Crippen LogP contribution is -2.30. The second kappa shape index (κ2) is 4.99. The average molecular weight is 227 g/mol. The van der Waals surface area contributed by atoms with Crippen molar-refractivity contribution in [3.05, 3.63) is 11.7 Å². The lowest BCUT2D eigenvalue weighted by molar-refractivity contribution is 0.337. The quantitative estimate of drug-likeness (QED) is 0.855. The monoisotopic (exact) mass is 227 g/mol. The highest BCUT2D eigenvalue weighted by atomic mass is 32.2. The van der Waals surface area contributed by atoms with Crippen molar-refractivity contribution in [2.24, 2.45) is 0 Å². The molecule has 0 amide bonds. The minimum absolute atomic E-state index is 0.244. The zero-order valence-corrected chi connectivity index (χ0v) is 10.0. The van der Waals surface area contributed by atoms with Crippen LogP contribution in [0.5, 0.6) is 0 Å². The van der Waals surface area contributed by atoms with Gasteiger partial charge in [0.25, 0.3) is 0 Å². The summed E-state index contributed by atoms with van der Waals surface area (Å²) in [5, 5.41) is 7.42. The van der Waals surface area contributed by atoms with E-state index in [-0.39, 0.29) is 6.04 Å². The van der Waals surface area contributed by atoms with Gasteiger partial charge in [0.1, 0.15) is 0 Å². The minimum Gasteiger partial charge on any atom is -0.338 e. The maximum Gasteiger partial charge on any atom is 0.244 e. The molecule has 1 aromatic rings. The molecule has 2 atom stereocenters. The maximum atomic E-state index is 5.29. The summed E-state index contributed by atoms with van der Waals surface area (Å²) in [6.45, 7) is 5.28. The fraction of sp³-hybridized carbons (Fsp3) is 0.800. The molecule has 5 heteroatoms. The first-order valence-electron chi connectivity index (χ1n) is 5.46. The van der Waals surface area contributed by atoms with E-state index in [1.165, 1.54) is 5.75 Å². The van der Waals surface area contributed by atoms with E-state index in [1.807, 2.05) is 11.8 Å². The van der Waals surface area contributed by atoms with Gasteiger partial charge in [0.2, 0.25) is 5.89 Å². The second-order valence-electron chi connectivity index (χ2n) is 3.88. The molecule has 0 aliphatic carbocycles. The van der Waals surface area contributed by atoms with E-state index in [4.69, 9.17) is 4.52 Å². The van der Waals surface area contributed by atoms with Gasteiger partial charge in [0.15, 0.2) is 5.82 Å². The highest BCUT2D eigenvalue weighted by molar-refractivity contribution is 7.99. The van der Waals surface area contributed by atoms with Crippen molar-refractivity contribution in [2.75, 3.05) is 18.1 Å². The summed E-state index contributed by atoms with van der Waals surface area (Å²) in [7, 11) is 0. The van der Waals surface area contributed by atoms with Gasteiger partial charge in [-0.05, 0) is 6.42 Å². The zero-order valence-electron chi connectivity index (χ0n) is 9.19. The van der Waals surface area contributed by atoms with Crippen LogP contribution in [-0.2, 0) is 0 Å². The Morgan fingerprint density at radius 1 is 1.67 bits per heavy atom. The van der Waals surface area contributed by atoms with Crippen molar-refractivity contribution in [1.29, 1.82) is 0 Å². The maximum absolute atomic E-state index is 5.29. The third-order valence-corrected chi connectivity index (χ3v) is 3.79. The van der Waals surface area contributed by atoms with Gasteiger partial charge in [0, 0.05) is 24.0 Å². The van der Waals surface area contributed by atoms with Gasteiger partial charge in [-0.25, -0.2) is 0 Å². The van der Waals surface area contributed by atoms with Gasteiger partial charge in [-0.1, -0.05) is 19.0 Å². The molecule has 15 heavy (non-hydrogen) atoms. The molecule has 84 valence electrons. The predicted molar refractivity (Wildman–Crippen MR) is 61.1 cm³/mol. The van der Waals surface area contributed by atoms with Crippen molar-refractivity contribution < 1.29 is 4.52 Å². The highest BCUT2D eigenvalue weighted by Gasteiger charge is 2.22. The normalized spacial score (nSPS) is 24.0. The standard InChI is InChI=1S/C10H17N3OS/c1-3-7(2)9-12-10(14-13-9)8-6-15-5-4-11-8/h7-8,11H,3-6H2,1-2H3. The Morgan fingerprint density at radius 3 is 3.20 bits per heavy atom. The van der Waals surface area contributed by atoms with E-state index in [0.29, 0.717) is 5.92 Å². The lowest BCUT2D eigenvalue weighted by Gasteiger charge is -2.19. The van der Waals surface area contributed by atoms with Crippen LogP contribution in [0.4, 0.5) is 0 Å². The number of aromatic nitrogens is 2. The van der Waals surface area contributed by atoms with Crippen molar-refractivity contribution in [3.8, 4) is 0 Å². The molecule has 2 rings (SSSR count). The Hall–Kier alpha value is -0.550. The molecule has 4 nitrogen and oxygen atoms in total. The van der Waals surface area contributed by atoms with E-state index in [2.05, 4.69) is 29.3 Å². The number of rotatable bonds is 3. The van der Waals surface area contributed by atoms with Crippen molar-refractivity contribution in [3.63, 3.8) is 0 Å². The summed E-state index contributed by atoms with van der Waals surface area (Å²) in [6.07, 6.45) is 1.05. The van der Waals surface area contributed by atoms with Gasteiger partial charge >= 0.3 is 0 Å². The third-order valence-electron chi connectivity index (χ3n) is 2.73. The second-order valence-corrected chi connectivity index (χ2v) is 5.03. The summed E-state index contributed by atoms with van der Waals surface area (Å²) in [5.74, 6) is 4.17. The molecule has 0 bridgehead atoms. The Kier molecular flexibility index (Phi) is 3.64. The minimum atomic E-state index is 0.244. The number of nitrogens with zero attached hydrogens (tertiary/aromatic N) is 2. The van der Waals surface area contributed by atoms with Crippen molar-refractivity contribution in [2.45, 2.75) is 32.2 Å². The molecular weight excluding hydrogens is 210 g/mol. The molecule has 1 aromatic heterocycles. The molecule has 1 fully saturated rings. The number of hydrogen-bond acceptors (Lipinski definition) is 5. The van der Waals surface area contributed by atoms with E-state index in [1.54, 1.807) is 0 Å². The van der Waals surface area contributed by atoms with Gasteiger partial charge in [-0.3, -0.25) is 0 Å². The van der Waals surface area contributed by atoms with Crippen LogP contribution in [0.25, 0.3) is 0 Å². The SMILES string of the molecule is CCC(C)c1noc(C2CSCCN2)n1. The Labute approximate surface area is 94.2 Å². The van der Waals surface area contributed by atoms with Gasteiger partial charge in [-0.15, -0.1) is 0 Å². The Bertz CT molecular complexity index is 309. The molecule has 0 saturated carbocycles. The van der Waals surface area contributed by atoms with Crippen LogP contribution in [0.1, 0.15) is 43.9 Å². The van der Waals surface area contributed by atoms with E-state index < -0.39 is 0 Å². The van der Waals surface area contributed by atoms with Crippen LogP contribution < -0.4 is 5.32 Å². The number of thioether (sulfide) groups is 1. The van der Waals surface area contributed by atoms with Crippen molar-refractivity contribution >= 4 is 11.8 Å². The third kappa shape index (κ3) is 2.52. The largest absolute Gasteiger partial charge is 0.338 e. The summed E-state index contributed by atoms with van der Waals surface area (Å²) < 4.78 is 5.29. The summed E-state index contributed by atoms with van der Waals surface area (Å²) in [6, 6.07) is 0.244. The lowest BCUT2D eigenvalue weighted by atomic mass is 10.1. The average Bonchev–Trinajstić information content (AvgIpc) is 2.78. The van der Waals surface area contributed by atoms with Crippen LogP contribution in [-0.4, -0.2) is 28.2 Å². The van der Waals surface area contributed by atoms with Crippen LogP contribution >= 0.6 is 11.8 Å². The highest BCUT2D eigenvalue weighted by Crippen LogP contribution is 2.22. The van der Waals surface area contributed by atoms with E-state index in [0.717, 1.165) is 30.4 Å². The zero-order chi connectivity index (χ0) is 10.7. The molecule has 2 heterocycles.